The van der Waals surface area contributed by atoms with Gasteiger partial charge in [-0.15, -0.1) is 0 Å². The fourth-order valence-electron chi connectivity index (χ4n) is 7.32. The van der Waals surface area contributed by atoms with Crippen LogP contribution in [-0.4, -0.2) is 35.0 Å². The summed E-state index contributed by atoms with van der Waals surface area (Å²) in [5.41, 5.74) is 7.04. The summed E-state index contributed by atoms with van der Waals surface area (Å²) in [6.45, 7) is 4.67. The molecule has 30 heavy (non-hydrogen) atoms. The van der Waals surface area contributed by atoms with Crippen molar-refractivity contribution < 1.29 is 24.2 Å². The van der Waals surface area contributed by atoms with Gasteiger partial charge in [0.1, 0.15) is 12.1 Å². The Bertz CT molecular complexity index is 776. The highest BCUT2D eigenvalue weighted by atomic mass is 16.5. The number of hydrogen-bond acceptors (Lipinski definition) is 5. The Kier molecular flexibility index (Phi) is 5.58. The van der Waals surface area contributed by atoms with Crippen molar-refractivity contribution >= 4 is 17.7 Å². The Morgan fingerprint density at radius 1 is 1.17 bits per heavy atom. The number of aliphatic carboxylic acids is 1. The van der Waals surface area contributed by atoms with Gasteiger partial charge in [-0.2, -0.15) is 0 Å². The minimum atomic E-state index is -1.09. The lowest BCUT2D eigenvalue weighted by Gasteiger charge is -2.57. The van der Waals surface area contributed by atoms with E-state index in [0.29, 0.717) is 24.2 Å². The average Bonchev–Trinajstić information content (AvgIpc) is 3.03. The molecule has 0 bridgehead atoms. The smallest absolute Gasteiger partial charge is 0.320 e. The molecule has 0 heterocycles. The highest BCUT2D eigenvalue weighted by molar-refractivity contribution is 5.91. The second-order valence-electron chi connectivity index (χ2n) is 10.6. The van der Waals surface area contributed by atoms with Crippen LogP contribution in [0.1, 0.15) is 78.1 Å². The predicted molar refractivity (Wildman–Crippen MR) is 111 cm³/mol. The number of carbonyl (C=O) groups excluding carboxylic acids is 2. The van der Waals surface area contributed by atoms with Gasteiger partial charge in [0.05, 0.1) is 0 Å². The molecule has 0 spiro atoms. The minimum absolute atomic E-state index is 0.00615. The molecule has 0 aliphatic heterocycles. The van der Waals surface area contributed by atoms with Gasteiger partial charge in [-0.3, -0.25) is 14.4 Å². The number of carbonyl (C=O) groups is 3. The highest BCUT2D eigenvalue weighted by Crippen LogP contribution is 2.65. The van der Waals surface area contributed by atoms with E-state index in [0.717, 1.165) is 44.9 Å². The first-order valence-electron chi connectivity index (χ1n) is 11.6. The van der Waals surface area contributed by atoms with Crippen molar-refractivity contribution in [2.45, 2.75) is 90.2 Å². The number of ketones is 1. The van der Waals surface area contributed by atoms with E-state index in [4.69, 9.17) is 15.6 Å². The average molecular weight is 418 g/mol. The molecule has 0 aromatic carbocycles. The standard InChI is InChI=1S/C24H35NO5/c1-23-11-9-15(26)13-14(23)3-4-16-17-5-7-20(24(17,2)12-10-18(16)23)30-21(27)8-6-19(25)22(28)29/h13,16-20H,3-12,25H2,1-2H3,(H,28,29)/t16-,17-,18-,19-,20-,23-,24-/m0/s1. The van der Waals surface area contributed by atoms with Crippen LogP contribution in [0.4, 0.5) is 0 Å². The number of fused-ring (bicyclic) bond motifs is 5. The van der Waals surface area contributed by atoms with Gasteiger partial charge in [-0.05, 0) is 80.6 Å². The fraction of sp³-hybridized carbons (Fsp3) is 0.792. The summed E-state index contributed by atoms with van der Waals surface area (Å²) >= 11 is 0. The largest absolute Gasteiger partial charge is 0.480 e. The number of rotatable bonds is 5. The van der Waals surface area contributed by atoms with Gasteiger partial charge in [-0.25, -0.2) is 0 Å². The van der Waals surface area contributed by atoms with Crippen LogP contribution >= 0.6 is 0 Å². The molecular weight excluding hydrogens is 382 g/mol. The zero-order valence-corrected chi connectivity index (χ0v) is 18.2. The van der Waals surface area contributed by atoms with Crippen LogP contribution in [0.3, 0.4) is 0 Å². The third-order valence-electron chi connectivity index (χ3n) is 9.13. The van der Waals surface area contributed by atoms with E-state index >= 15 is 0 Å². The molecule has 3 saturated carbocycles. The van der Waals surface area contributed by atoms with E-state index in [1.54, 1.807) is 0 Å². The first-order valence-corrected chi connectivity index (χ1v) is 11.6. The van der Waals surface area contributed by atoms with Gasteiger partial charge in [0.25, 0.3) is 0 Å². The van der Waals surface area contributed by atoms with Gasteiger partial charge >= 0.3 is 11.9 Å². The SMILES string of the molecule is C[C@]12CC[C@H]3[C@@H](CCC4=CC(=O)CC[C@@]43C)[C@@H]1CC[C@@H]2OC(=O)CC[C@H](N)C(=O)O. The maximum absolute atomic E-state index is 12.4. The maximum atomic E-state index is 12.4. The van der Waals surface area contributed by atoms with Crippen LogP contribution in [0, 0.1) is 28.6 Å². The molecule has 3 N–H and O–H groups in total. The number of nitrogens with two attached hydrogens (primary N) is 1. The van der Waals surface area contributed by atoms with Gasteiger partial charge in [0.2, 0.25) is 0 Å². The Morgan fingerprint density at radius 2 is 1.93 bits per heavy atom. The third kappa shape index (κ3) is 3.51. The number of allylic oxidation sites excluding steroid dienone is 1. The Labute approximate surface area is 178 Å². The first-order chi connectivity index (χ1) is 14.1. The summed E-state index contributed by atoms with van der Waals surface area (Å²) in [7, 11) is 0. The first kappa shape index (κ1) is 21.5. The lowest BCUT2D eigenvalue weighted by Crippen LogP contribution is -2.51. The van der Waals surface area contributed by atoms with Crippen LogP contribution in [0.15, 0.2) is 11.6 Å². The number of carboxylic acids is 1. The van der Waals surface area contributed by atoms with Crippen molar-refractivity contribution in [3.63, 3.8) is 0 Å². The molecular formula is C24H35NO5. The minimum Gasteiger partial charge on any atom is -0.480 e. The molecule has 4 rings (SSSR count). The fourth-order valence-corrected chi connectivity index (χ4v) is 7.32. The summed E-state index contributed by atoms with van der Waals surface area (Å²) in [5.74, 6) is 0.670. The van der Waals surface area contributed by atoms with Crippen LogP contribution in [0.5, 0.6) is 0 Å². The van der Waals surface area contributed by atoms with Crippen LogP contribution in [0.25, 0.3) is 0 Å². The van der Waals surface area contributed by atoms with E-state index in [1.165, 1.54) is 5.57 Å². The molecule has 6 heteroatoms. The van der Waals surface area contributed by atoms with Crippen LogP contribution in [-0.2, 0) is 19.1 Å². The van der Waals surface area contributed by atoms with Crippen LogP contribution < -0.4 is 5.73 Å². The van der Waals surface area contributed by atoms with E-state index in [9.17, 15) is 14.4 Å². The van der Waals surface area contributed by atoms with Gasteiger partial charge < -0.3 is 15.6 Å². The predicted octanol–water partition coefficient (Wildman–Crippen LogP) is 3.62. The van der Waals surface area contributed by atoms with Crippen LogP contribution in [0.2, 0.25) is 0 Å². The quantitative estimate of drug-likeness (QED) is 0.662. The number of ether oxygens (including phenoxy) is 1. The summed E-state index contributed by atoms with van der Waals surface area (Å²) < 4.78 is 5.90. The monoisotopic (exact) mass is 417 g/mol. The second-order valence-corrected chi connectivity index (χ2v) is 10.6. The molecule has 166 valence electrons. The van der Waals surface area contributed by atoms with Gasteiger partial charge in [0, 0.05) is 18.3 Å². The molecule has 0 unspecified atom stereocenters. The topological polar surface area (TPSA) is 107 Å². The molecule has 6 nitrogen and oxygen atoms in total. The highest BCUT2D eigenvalue weighted by Gasteiger charge is 2.59. The molecule has 3 fully saturated rings. The van der Waals surface area contributed by atoms with Crippen molar-refractivity contribution in [1.82, 2.24) is 0 Å². The summed E-state index contributed by atoms with van der Waals surface area (Å²) in [6, 6.07) is -1.02. The van der Waals surface area contributed by atoms with Crippen molar-refractivity contribution in [2.75, 3.05) is 0 Å². The number of esters is 1. The molecule has 0 aromatic heterocycles. The van der Waals surface area contributed by atoms with E-state index in [-0.39, 0.29) is 41.5 Å². The number of hydrogen-bond donors (Lipinski definition) is 2. The molecule has 0 radical (unpaired) electrons. The lowest BCUT2D eigenvalue weighted by atomic mass is 9.47. The summed E-state index contributed by atoms with van der Waals surface area (Å²) in [4.78, 5) is 35.2. The van der Waals surface area contributed by atoms with Gasteiger partial charge in [-0.1, -0.05) is 19.4 Å². The summed E-state index contributed by atoms with van der Waals surface area (Å²) in [6.07, 6.45) is 9.95. The van der Waals surface area contributed by atoms with Crippen molar-refractivity contribution in [2.24, 2.45) is 34.3 Å². The second kappa shape index (κ2) is 7.77. The molecule has 4 aliphatic carbocycles. The molecule has 7 atom stereocenters. The van der Waals surface area contributed by atoms with E-state index in [1.807, 2.05) is 6.08 Å². The van der Waals surface area contributed by atoms with E-state index < -0.39 is 12.0 Å². The van der Waals surface area contributed by atoms with Crippen molar-refractivity contribution in [3.05, 3.63) is 11.6 Å². The Morgan fingerprint density at radius 3 is 2.67 bits per heavy atom. The van der Waals surface area contributed by atoms with Crippen molar-refractivity contribution in [3.8, 4) is 0 Å². The number of carboxylic acid groups (broad SMARTS) is 1. The van der Waals surface area contributed by atoms with Crippen molar-refractivity contribution in [1.29, 1.82) is 0 Å². The third-order valence-corrected chi connectivity index (χ3v) is 9.13. The lowest BCUT2D eigenvalue weighted by molar-refractivity contribution is -0.160. The Hall–Kier alpha value is -1.69. The molecule has 0 amide bonds. The van der Waals surface area contributed by atoms with E-state index in [2.05, 4.69) is 13.8 Å². The molecule has 0 saturated heterocycles. The zero-order chi connectivity index (χ0) is 21.7. The maximum Gasteiger partial charge on any atom is 0.320 e. The normalized spacial score (nSPS) is 41.2. The molecule has 4 aliphatic rings. The van der Waals surface area contributed by atoms with Gasteiger partial charge in [0.15, 0.2) is 5.78 Å². The summed E-state index contributed by atoms with van der Waals surface area (Å²) in [5, 5.41) is 8.90. The Balaban J connectivity index is 1.44. The molecule has 0 aromatic rings. The zero-order valence-electron chi connectivity index (χ0n) is 18.2.